The first-order valence-electron chi connectivity index (χ1n) is 6.02. The molecule has 3 aromatic rings. The Bertz CT molecular complexity index is 860. The van der Waals surface area contributed by atoms with Gasteiger partial charge >= 0.3 is 0 Å². The second kappa shape index (κ2) is 4.98. The van der Waals surface area contributed by atoms with Crippen molar-refractivity contribution in [3.63, 3.8) is 0 Å². The number of nitrogens with zero attached hydrogens (tertiary/aromatic N) is 3. The van der Waals surface area contributed by atoms with Crippen molar-refractivity contribution in [2.75, 3.05) is 0 Å². The van der Waals surface area contributed by atoms with E-state index in [2.05, 4.69) is 10.2 Å². The molecular weight excluding hydrogens is 292 g/mol. The van der Waals surface area contributed by atoms with E-state index in [4.69, 9.17) is 16.6 Å². The van der Waals surface area contributed by atoms with Crippen LogP contribution in [0.2, 0.25) is 0 Å². The van der Waals surface area contributed by atoms with Crippen LogP contribution in [0.4, 0.5) is 5.69 Å². The summed E-state index contributed by atoms with van der Waals surface area (Å²) < 4.78 is 7.93. The quantitative estimate of drug-likeness (QED) is 0.455. The number of H-pyrrole nitrogens is 1. The van der Waals surface area contributed by atoms with E-state index in [-0.39, 0.29) is 5.69 Å². The summed E-state index contributed by atoms with van der Waals surface area (Å²) in [5.41, 5.74) is 0.795. The molecule has 0 spiro atoms. The van der Waals surface area contributed by atoms with Crippen LogP contribution in [0.5, 0.6) is 0 Å². The van der Waals surface area contributed by atoms with Gasteiger partial charge in [0.05, 0.1) is 4.92 Å². The lowest BCUT2D eigenvalue weighted by Gasteiger charge is -1.98. The number of non-ortho nitro benzene ring substituents is 1. The molecule has 2 heterocycles. The van der Waals surface area contributed by atoms with Crippen LogP contribution < -0.4 is 0 Å². The van der Waals surface area contributed by atoms with Crippen molar-refractivity contribution in [3.05, 3.63) is 51.3 Å². The molecule has 0 fully saturated rings. The molecule has 0 amide bonds. The van der Waals surface area contributed by atoms with Gasteiger partial charge in [-0.2, -0.15) is 5.10 Å². The molecule has 3 rings (SSSR count). The minimum Gasteiger partial charge on any atom is -0.453 e. The molecule has 21 heavy (non-hydrogen) atoms. The highest BCUT2D eigenvalue weighted by Crippen LogP contribution is 2.28. The van der Waals surface area contributed by atoms with Crippen LogP contribution >= 0.6 is 12.2 Å². The predicted molar refractivity (Wildman–Crippen MR) is 78.2 cm³/mol. The molecule has 8 heteroatoms. The van der Waals surface area contributed by atoms with E-state index < -0.39 is 4.92 Å². The standard InChI is InChI=1S/C13H10N4O3S/c1-16-12(14-15-13(16)21)11-7-6-10(20-11)8-2-4-9(5-3-8)17(18)19/h2-7H,1H3,(H,15,21). The summed E-state index contributed by atoms with van der Waals surface area (Å²) in [5, 5.41) is 17.4. The largest absolute Gasteiger partial charge is 0.453 e. The van der Waals surface area contributed by atoms with Crippen molar-refractivity contribution >= 4 is 17.9 Å². The van der Waals surface area contributed by atoms with Crippen LogP contribution in [0.25, 0.3) is 22.9 Å². The SMILES string of the molecule is Cn1c(-c2ccc(-c3ccc([N+](=O)[O-])cc3)o2)n[nH]c1=S. The number of aromatic nitrogens is 3. The van der Waals surface area contributed by atoms with Crippen molar-refractivity contribution in [2.45, 2.75) is 0 Å². The van der Waals surface area contributed by atoms with Gasteiger partial charge in [-0.15, -0.1) is 0 Å². The monoisotopic (exact) mass is 302 g/mol. The molecule has 0 aliphatic rings. The summed E-state index contributed by atoms with van der Waals surface area (Å²) in [7, 11) is 1.79. The lowest BCUT2D eigenvalue weighted by atomic mass is 10.1. The number of furan rings is 1. The maximum absolute atomic E-state index is 10.6. The fraction of sp³-hybridized carbons (Fsp3) is 0.0769. The van der Waals surface area contributed by atoms with Crippen LogP contribution in [0.15, 0.2) is 40.8 Å². The van der Waals surface area contributed by atoms with Crippen molar-refractivity contribution in [1.82, 2.24) is 14.8 Å². The fourth-order valence-corrected chi connectivity index (χ4v) is 2.06. The molecule has 0 aliphatic carbocycles. The van der Waals surface area contributed by atoms with Gasteiger partial charge in [0.15, 0.2) is 16.4 Å². The van der Waals surface area contributed by atoms with Gasteiger partial charge in [0.1, 0.15) is 5.76 Å². The summed E-state index contributed by atoms with van der Waals surface area (Å²) in [5.74, 6) is 1.76. The van der Waals surface area contributed by atoms with Crippen molar-refractivity contribution in [1.29, 1.82) is 0 Å². The van der Waals surface area contributed by atoms with Gasteiger partial charge < -0.3 is 8.98 Å². The van der Waals surface area contributed by atoms with Gasteiger partial charge in [0.2, 0.25) is 0 Å². The average Bonchev–Trinajstić information content (AvgIpc) is 3.07. The Hall–Kier alpha value is -2.74. The van der Waals surface area contributed by atoms with Crippen LogP contribution in [0.1, 0.15) is 0 Å². The van der Waals surface area contributed by atoms with Crippen molar-refractivity contribution in [2.24, 2.45) is 7.05 Å². The topological polar surface area (TPSA) is 89.9 Å². The molecule has 0 saturated heterocycles. The number of hydrogen-bond acceptors (Lipinski definition) is 5. The summed E-state index contributed by atoms with van der Waals surface area (Å²) in [6, 6.07) is 9.73. The molecule has 2 aromatic heterocycles. The van der Waals surface area contributed by atoms with Crippen LogP contribution in [-0.4, -0.2) is 19.7 Å². The van der Waals surface area contributed by atoms with E-state index in [0.29, 0.717) is 22.1 Å². The smallest absolute Gasteiger partial charge is 0.269 e. The Morgan fingerprint density at radius 3 is 2.48 bits per heavy atom. The first-order chi connectivity index (χ1) is 10.1. The maximum Gasteiger partial charge on any atom is 0.269 e. The van der Waals surface area contributed by atoms with E-state index >= 15 is 0 Å². The van der Waals surface area contributed by atoms with Crippen molar-refractivity contribution < 1.29 is 9.34 Å². The highest BCUT2D eigenvalue weighted by Gasteiger charge is 2.12. The molecule has 106 valence electrons. The summed E-state index contributed by atoms with van der Waals surface area (Å²) in [6.45, 7) is 0. The van der Waals surface area contributed by atoms with Gasteiger partial charge in [0.25, 0.3) is 5.69 Å². The van der Waals surface area contributed by atoms with Gasteiger partial charge in [0, 0.05) is 24.7 Å². The first-order valence-corrected chi connectivity index (χ1v) is 6.43. The number of benzene rings is 1. The lowest BCUT2D eigenvalue weighted by Crippen LogP contribution is -1.90. The zero-order chi connectivity index (χ0) is 15.0. The minimum atomic E-state index is -0.438. The fourth-order valence-electron chi connectivity index (χ4n) is 1.93. The van der Waals surface area contributed by atoms with Crippen LogP contribution in [-0.2, 0) is 7.05 Å². The molecule has 0 atom stereocenters. The van der Waals surface area contributed by atoms with E-state index in [1.807, 2.05) is 0 Å². The zero-order valence-corrected chi connectivity index (χ0v) is 11.8. The van der Waals surface area contributed by atoms with Gasteiger partial charge in [-0.1, -0.05) is 0 Å². The zero-order valence-electron chi connectivity index (χ0n) is 10.9. The second-order valence-electron chi connectivity index (χ2n) is 4.38. The highest BCUT2D eigenvalue weighted by molar-refractivity contribution is 7.71. The second-order valence-corrected chi connectivity index (χ2v) is 4.77. The molecule has 1 aromatic carbocycles. The number of nitro groups is 1. The molecule has 0 bridgehead atoms. The molecule has 0 aliphatic heterocycles. The Kier molecular flexibility index (Phi) is 3.15. The van der Waals surface area contributed by atoms with E-state index in [9.17, 15) is 10.1 Å². The maximum atomic E-state index is 10.6. The summed E-state index contributed by atoms with van der Waals surface area (Å²) >= 11 is 5.05. The third kappa shape index (κ3) is 2.36. The average molecular weight is 302 g/mol. The minimum absolute atomic E-state index is 0.0416. The Morgan fingerprint density at radius 1 is 1.24 bits per heavy atom. The van der Waals surface area contributed by atoms with Crippen LogP contribution in [0.3, 0.4) is 0 Å². The Labute approximate surface area is 124 Å². The molecule has 7 nitrogen and oxygen atoms in total. The van der Waals surface area contributed by atoms with Gasteiger partial charge in [-0.25, -0.2) is 0 Å². The summed E-state index contributed by atoms with van der Waals surface area (Å²) in [6.07, 6.45) is 0. The number of hydrogen-bond donors (Lipinski definition) is 1. The molecule has 0 radical (unpaired) electrons. The number of nitrogens with one attached hydrogen (secondary N) is 1. The Balaban J connectivity index is 1.96. The number of nitro benzene ring substituents is 1. The van der Waals surface area contributed by atoms with E-state index in [0.717, 1.165) is 5.56 Å². The third-order valence-corrected chi connectivity index (χ3v) is 3.43. The molecule has 0 saturated carbocycles. The lowest BCUT2D eigenvalue weighted by molar-refractivity contribution is -0.384. The van der Waals surface area contributed by atoms with E-state index in [1.54, 1.807) is 35.9 Å². The third-order valence-electron chi connectivity index (χ3n) is 3.07. The molecular formula is C13H10N4O3S. The van der Waals surface area contributed by atoms with Gasteiger partial charge in [-0.3, -0.25) is 15.2 Å². The number of rotatable bonds is 3. The van der Waals surface area contributed by atoms with Crippen LogP contribution in [0, 0.1) is 14.9 Å². The summed E-state index contributed by atoms with van der Waals surface area (Å²) in [4.78, 5) is 10.2. The Morgan fingerprint density at radius 2 is 1.90 bits per heavy atom. The molecule has 1 N–H and O–H groups in total. The first kappa shape index (κ1) is 13.3. The number of aromatic amines is 1. The van der Waals surface area contributed by atoms with Gasteiger partial charge in [-0.05, 0) is 36.5 Å². The predicted octanol–water partition coefficient (Wildman–Crippen LogP) is 3.31. The van der Waals surface area contributed by atoms with E-state index in [1.165, 1.54) is 12.1 Å². The molecule has 0 unspecified atom stereocenters. The highest BCUT2D eigenvalue weighted by atomic mass is 32.1. The van der Waals surface area contributed by atoms with Crippen molar-refractivity contribution in [3.8, 4) is 22.9 Å². The normalized spacial score (nSPS) is 10.7.